The topological polar surface area (TPSA) is 94.5 Å². The lowest BCUT2D eigenvalue weighted by molar-refractivity contribution is 0.823. The van der Waals surface area contributed by atoms with E-state index in [9.17, 15) is 0 Å². The summed E-state index contributed by atoms with van der Waals surface area (Å²) in [6.07, 6.45) is 0. The predicted molar refractivity (Wildman–Crippen MR) is 21.2 cm³/mol. The molecule has 0 aliphatic heterocycles. The molecule has 0 aromatic rings. The molecule has 0 saturated heterocycles. The fourth-order valence-corrected chi connectivity index (χ4v) is 0. The Bertz CT molecular complexity index is 3.25. The molecular formula is H7BrO3. The highest BCUT2D eigenvalue weighted by molar-refractivity contribution is 8.93. The molecule has 3 nitrogen and oxygen atoms in total. The van der Waals surface area contributed by atoms with Gasteiger partial charge in [0.15, 0.2) is 0 Å². The highest BCUT2D eigenvalue weighted by Gasteiger charge is -0.114. The summed E-state index contributed by atoms with van der Waals surface area (Å²) in [5.74, 6) is 0. The van der Waals surface area contributed by atoms with Gasteiger partial charge in [0.1, 0.15) is 0 Å². The molecule has 0 atom stereocenters. The summed E-state index contributed by atoms with van der Waals surface area (Å²) in [5.41, 5.74) is 0. The van der Waals surface area contributed by atoms with E-state index in [-0.39, 0.29) is 33.4 Å². The zero-order chi connectivity index (χ0) is 0. The average Bonchev–Trinajstić information content (AvgIpc) is 0. The van der Waals surface area contributed by atoms with Gasteiger partial charge < -0.3 is 16.4 Å². The van der Waals surface area contributed by atoms with Crippen LogP contribution in [0.15, 0.2) is 0 Å². The van der Waals surface area contributed by atoms with Gasteiger partial charge in [-0.25, -0.2) is 0 Å². The number of halogens is 1. The van der Waals surface area contributed by atoms with Gasteiger partial charge in [0.25, 0.3) is 0 Å². The molecule has 0 fully saturated rings. The average molecular weight is 135 g/mol. The van der Waals surface area contributed by atoms with Crippen LogP contribution in [-0.4, -0.2) is 16.4 Å². The van der Waals surface area contributed by atoms with E-state index >= 15 is 0 Å². The molecule has 4 heavy (non-hydrogen) atoms. The van der Waals surface area contributed by atoms with Gasteiger partial charge in [-0.15, -0.1) is 17.0 Å². The van der Waals surface area contributed by atoms with Gasteiger partial charge in [-0.2, -0.15) is 0 Å². The van der Waals surface area contributed by atoms with Crippen LogP contribution in [0, 0.1) is 0 Å². The Hall–Kier alpha value is 0.360. The zero-order valence-corrected chi connectivity index (χ0v) is 3.62. The van der Waals surface area contributed by atoms with Crippen molar-refractivity contribution in [3.8, 4) is 0 Å². The predicted octanol–water partition coefficient (Wildman–Crippen LogP) is -1.90. The molecule has 0 spiro atoms. The lowest BCUT2D eigenvalue weighted by Gasteiger charge is -0.413. The highest BCUT2D eigenvalue weighted by atomic mass is 79.9. The fraction of sp³-hybridized carbons (Fsp3) is 0. The van der Waals surface area contributed by atoms with Crippen molar-refractivity contribution in [3.63, 3.8) is 0 Å². The first-order valence-corrected chi connectivity index (χ1v) is 0. The van der Waals surface area contributed by atoms with E-state index in [1.165, 1.54) is 0 Å². The van der Waals surface area contributed by atoms with Crippen LogP contribution < -0.4 is 0 Å². The number of hydrogen-bond acceptors (Lipinski definition) is 0. The minimum Gasteiger partial charge on any atom is -0.412 e. The fourth-order valence-electron chi connectivity index (χ4n) is 0. The molecule has 0 bridgehead atoms. The minimum atomic E-state index is 0. The van der Waals surface area contributed by atoms with Crippen molar-refractivity contribution >= 4 is 17.0 Å². The summed E-state index contributed by atoms with van der Waals surface area (Å²) in [6.45, 7) is 0. The van der Waals surface area contributed by atoms with E-state index in [1.54, 1.807) is 0 Å². The molecule has 4 heteroatoms. The molecule has 0 aromatic carbocycles. The number of rotatable bonds is 0. The standard InChI is InChI=1S/BrH.3H2O/h1H;3*1H2. The maximum absolute atomic E-state index is 0. The van der Waals surface area contributed by atoms with E-state index in [0.717, 1.165) is 0 Å². The third kappa shape index (κ3) is 33.7. The summed E-state index contributed by atoms with van der Waals surface area (Å²) < 4.78 is 0. The molecule has 0 saturated carbocycles. The smallest absolute Gasteiger partial charge is 0.114 e. The Morgan fingerprint density at radius 1 is 0.500 bits per heavy atom. The van der Waals surface area contributed by atoms with Crippen molar-refractivity contribution in [2.24, 2.45) is 0 Å². The Labute approximate surface area is 34.3 Å². The Morgan fingerprint density at radius 3 is 0.500 bits per heavy atom. The molecule has 0 aliphatic carbocycles. The SMILES string of the molecule is Br.O.O.O. The summed E-state index contributed by atoms with van der Waals surface area (Å²) >= 11 is 0. The molecular weight excluding hydrogens is 128 g/mol. The summed E-state index contributed by atoms with van der Waals surface area (Å²) in [7, 11) is 0. The summed E-state index contributed by atoms with van der Waals surface area (Å²) in [5, 5.41) is 0. The van der Waals surface area contributed by atoms with E-state index in [0.29, 0.717) is 0 Å². The van der Waals surface area contributed by atoms with Gasteiger partial charge in [0, 0.05) is 0 Å². The molecule has 0 radical (unpaired) electrons. The Morgan fingerprint density at radius 2 is 0.500 bits per heavy atom. The zero-order valence-electron chi connectivity index (χ0n) is 1.91. The van der Waals surface area contributed by atoms with Gasteiger partial charge in [-0.1, -0.05) is 0 Å². The van der Waals surface area contributed by atoms with Crippen LogP contribution in [-0.2, 0) is 0 Å². The van der Waals surface area contributed by atoms with Gasteiger partial charge in [0.2, 0.25) is 0 Å². The first-order valence-electron chi connectivity index (χ1n) is 0. The molecule has 0 heterocycles. The third-order valence-corrected chi connectivity index (χ3v) is 0. The summed E-state index contributed by atoms with van der Waals surface area (Å²) in [6, 6.07) is 0. The van der Waals surface area contributed by atoms with Crippen LogP contribution >= 0.6 is 17.0 Å². The molecule has 0 amide bonds. The monoisotopic (exact) mass is 134 g/mol. The van der Waals surface area contributed by atoms with E-state index in [1.807, 2.05) is 0 Å². The van der Waals surface area contributed by atoms with E-state index in [4.69, 9.17) is 0 Å². The van der Waals surface area contributed by atoms with Crippen molar-refractivity contribution in [2.45, 2.75) is 0 Å². The normalized spacial score (nSPS) is 0. The lowest BCUT2D eigenvalue weighted by atomic mass is 16.0. The van der Waals surface area contributed by atoms with Crippen LogP contribution in [0.2, 0.25) is 0 Å². The van der Waals surface area contributed by atoms with Gasteiger partial charge in [0.05, 0.1) is 0 Å². The van der Waals surface area contributed by atoms with Gasteiger partial charge in [-0.05, 0) is 0 Å². The Balaban J connectivity index is 0. The first kappa shape index (κ1) is 380. The van der Waals surface area contributed by atoms with Crippen LogP contribution in [0.1, 0.15) is 0 Å². The van der Waals surface area contributed by atoms with Crippen molar-refractivity contribution in [2.75, 3.05) is 0 Å². The summed E-state index contributed by atoms with van der Waals surface area (Å²) in [4.78, 5) is 0. The van der Waals surface area contributed by atoms with Gasteiger partial charge >= 0.3 is 0 Å². The number of hydrogen-bond donors (Lipinski definition) is 0. The largest absolute Gasteiger partial charge is 0.412 e. The Kier molecular flexibility index (Phi) is 13700. The van der Waals surface area contributed by atoms with E-state index in [2.05, 4.69) is 0 Å². The highest BCUT2D eigenvalue weighted by Crippen LogP contribution is 0.846. The van der Waals surface area contributed by atoms with Crippen LogP contribution in [0.3, 0.4) is 0 Å². The molecule has 32 valence electrons. The molecule has 0 unspecified atom stereocenters. The molecule has 0 aromatic heterocycles. The maximum Gasteiger partial charge on any atom is -0.114 e. The second-order valence-corrected chi connectivity index (χ2v) is 0. The van der Waals surface area contributed by atoms with Crippen molar-refractivity contribution < 1.29 is 16.4 Å². The lowest BCUT2D eigenvalue weighted by Crippen LogP contribution is -0.290. The van der Waals surface area contributed by atoms with Crippen LogP contribution in [0.5, 0.6) is 0 Å². The van der Waals surface area contributed by atoms with Gasteiger partial charge in [-0.3, -0.25) is 0 Å². The molecule has 0 aliphatic rings. The van der Waals surface area contributed by atoms with Crippen molar-refractivity contribution in [1.29, 1.82) is 0 Å². The van der Waals surface area contributed by atoms with Crippen LogP contribution in [0.4, 0.5) is 0 Å². The van der Waals surface area contributed by atoms with E-state index < -0.39 is 0 Å². The maximum atomic E-state index is 0. The first-order chi connectivity index (χ1) is 0. The van der Waals surface area contributed by atoms with Crippen LogP contribution in [0.25, 0.3) is 0 Å². The second kappa shape index (κ2) is 144. The molecule has 0 rings (SSSR count). The second-order valence-electron chi connectivity index (χ2n) is 0. The van der Waals surface area contributed by atoms with Crippen molar-refractivity contribution in [1.82, 2.24) is 0 Å². The van der Waals surface area contributed by atoms with Crippen molar-refractivity contribution in [3.05, 3.63) is 0 Å². The third-order valence-electron chi connectivity index (χ3n) is 0. The quantitative estimate of drug-likeness (QED) is 0.371. The minimum absolute atomic E-state index is 0. The molecule has 6 N–H and O–H groups in total.